The monoisotopic (exact) mass is 553 g/mol. The van der Waals surface area contributed by atoms with Gasteiger partial charge < -0.3 is 20.4 Å². The first kappa shape index (κ1) is 31.4. The number of carbonyl (C=O) groups is 2. The minimum absolute atomic E-state index is 0.0797. The van der Waals surface area contributed by atoms with Crippen LogP contribution < -0.4 is 10.6 Å². The van der Waals surface area contributed by atoms with Crippen molar-refractivity contribution in [1.29, 1.82) is 0 Å². The van der Waals surface area contributed by atoms with Crippen molar-refractivity contribution in [1.82, 2.24) is 20.0 Å². The van der Waals surface area contributed by atoms with Crippen molar-refractivity contribution in [2.45, 2.75) is 71.8 Å². The zero-order chi connectivity index (χ0) is 28.7. The van der Waals surface area contributed by atoms with Crippen LogP contribution in [-0.4, -0.2) is 72.6 Å². The molecule has 0 radical (unpaired) electrons. The molecule has 1 aliphatic heterocycles. The highest BCUT2D eigenvalue weighted by molar-refractivity contribution is 5.89. The summed E-state index contributed by atoms with van der Waals surface area (Å²) in [6.45, 7) is 11.7. The van der Waals surface area contributed by atoms with E-state index in [2.05, 4.69) is 48.4 Å². The Balaban J connectivity index is 1.45. The van der Waals surface area contributed by atoms with Gasteiger partial charge in [-0.25, -0.2) is 14.0 Å². The van der Waals surface area contributed by atoms with Crippen LogP contribution in [0.4, 0.5) is 19.7 Å². The van der Waals surface area contributed by atoms with Gasteiger partial charge in [0, 0.05) is 58.0 Å². The Morgan fingerprint density at radius 3 is 2.20 bits per heavy atom. The Labute approximate surface area is 240 Å². The summed E-state index contributed by atoms with van der Waals surface area (Å²) in [7, 11) is 0. The molecule has 0 aromatic heterocycles. The van der Waals surface area contributed by atoms with E-state index in [4.69, 9.17) is 0 Å². The van der Waals surface area contributed by atoms with Crippen LogP contribution in [0.15, 0.2) is 48.5 Å². The fraction of sp³-hybridized carbons (Fsp3) is 0.562. The van der Waals surface area contributed by atoms with Crippen LogP contribution in [0.25, 0.3) is 0 Å². The van der Waals surface area contributed by atoms with Crippen molar-refractivity contribution >= 4 is 17.7 Å². The van der Waals surface area contributed by atoms with E-state index in [9.17, 15) is 14.0 Å². The average Bonchev–Trinajstić information content (AvgIpc) is 2.96. The highest BCUT2D eigenvalue weighted by atomic mass is 19.1. The second-order valence-corrected chi connectivity index (χ2v) is 11.1. The lowest BCUT2D eigenvalue weighted by Gasteiger charge is -2.35. The van der Waals surface area contributed by atoms with Gasteiger partial charge in [-0.3, -0.25) is 4.90 Å². The van der Waals surface area contributed by atoms with Gasteiger partial charge in [0.2, 0.25) is 0 Å². The summed E-state index contributed by atoms with van der Waals surface area (Å²) in [6, 6.07) is 14.2. The number of halogens is 1. The van der Waals surface area contributed by atoms with Gasteiger partial charge in [0.25, 0.3) is 0 Å². The number of piperazine rings is 1. The number of hydrogen-bond donors (Lipinski definition) is 2. The molecule has 1 fully saturated rings. The topological polar surface area (TPSA) is 67.9 Å². The van der Waals surface area contributed by atoms with Crippen LogP contribution in [0, 0.1) is 5.82 Å². The number of carbonyl (C=O) groups excluding carboxylic acids is 2. The van der Waals surface area contributed by atoms with Gasteiger partial charge in [0.1, 0.15) is 5.82 Å². The van der Waals surface area contributed by atoms with Crippen molar-refractivity contribution in [2.75, 3.05) is 51.1 Å². The van der Waals surface area contributed by atoms with E-state index in [-0.39, 0.29) is 17.9 Å². The standard InChI is InChI=1S/C32H48FN5O2/c1-4-5-6-7-8-9-18-34-31(39)38(25-27-10-14-29(33)15-11-27)24-21-36-19-22-37(23-20-36)32(40)35-30-16-12-28(13-17-30)26(2)3/h10-17,26H,4-9,18-25H2,1-3H3,(H,34,39)(H,35,40). The van der Waals surface area contributed by atoms with Crippen molar-refractivity contribution in [3.05, 3.63) is 65.5 Å². The fourth-order valence-corrected chi connectivity index (χ4v) is 4.87. The molecule has 1 aliphatic rings. The molecule has 1 heterocycles. The van der Waals surface area contributed by atoms with E-state index in [1.807, 2.05) is 21.9 Å². The third kappa shape index (κ3) is 10.8. The minimum atomic E-state index is -0.280. The van der Waals surface area contributed by atoms with Crippen molar-refractivity contribution in [3.8, 4) is 0 Å². The molecule has 3 rings (SSSR count). The molecule has 7 nitrogen and oxygen atoms in total. The number of amides is 4. The van der Waals surface area contributed by atoms with E-state index >= 15 is 0 Å². The molecule has 0 atom stereocenters. The molecule has 40 heavy (non-hydrogen) atoms. The highest BCUT2D eigenvalue weighted by Crippen LogP contribution is 2.18. The van der Waals surface area contributed by atoms with Gasteiger partial charge >= 0.3 is 12.1 Å². The molecule has 220 valence electrons. The van der Waals surface area contributed by atoms with Crippen LogP contribution >= 0.6 is 0 Å². The predicted octanol–water partition coefficient (Wildman–Crippen LogP) is 6.67. The quantitative estimate of drug-likeness (QED) is 0.257. The number of benzene rings is 2. The van der Waals surface area contributed by atoms with Crippen LogP contribution in [0.2, 0.25) is 0 Å². The summed E-state index contributed by atoms with van der Waals surface area (Å²) >= 11 is 0. The lowest BCUT2D eigenvalue weighted by Crippen LogP contribution is -2.52. The van der Waals surface area contributed by atoms with Crippen molar-refractivity contribution < 1.29 is 14.0 Å². The van der Waals surface area contributed by atoms with Gasteiger partial charge in [-0.2, -0.15) is 0 Å². The van der Waals surface area contributed by atoms with Gasteiger partial charge in [0.15, 0.2) is 0 Å². The Morgan fingerprint density at radius 2 is 1.55 bits per heavy atom. The number of unbranched alkanes of at least 4 members (excludes halogenated alkanes) is 5. The lowest BCUT2D eigenvalue weighted by atomic mass is 10.0. The van der Waals surface area contributed by atoms with Gasteiger partial charge in [-0.1, -0.05) is 77.1 Å². The van der Waals surface area contributed by atoms with Crippen LogP contribution in [0.3, 0.4) is 0 Å². The molecular weight excluding hydrogens is 505 g/mol. The van der Waals surface area contributed by atoms with Gasteiger partial charge in [0.05, 0.1) is 0 Å². The smallest absolute Gasteiger partial charge is 0.321 e. The second kappa shape index (κ2) is 16.9. The summed E-state index contributed by atoms with van der Waals surface area (Å²) in [4.78, 5) is 31.8. The third-order valence-corrected chi connectivity index (χ3v) is 7.55. The Morgan fingerprint density at radius 1 is 0.900 bits per heavy atom. The lowest BCUT2D eigenvalue weighted by molar-refractivity contribution is 0.134. The SMILES string of the molecule is CCCCCCCCNC(=O)N(CCN1CCN(C(=O)Nc2ccc(C(C)C)cc2)CC1)Cc1ccc(F)cc1. The van der Waals surface area contributed by atoms with E-state index < -0.39 is 0 Å². The molecule has 1 saturated heterocycles. The van der Waals surface area contributed by atoms with E-state index in [1.54, 1.807) is 12.1 Å². The van der Waals surface area contributed by atoms with Crippen molar-refractivity contribution in [2.24, 2.45) is 0 Å². The van der Waals surface area contributed by atoms with E-state index in [0.29, 0.717) is 38.6 Å². The largest absolute Gasteiger partial charge is 0.338 e. The Hall–Kier alpha value is -3.13. The zero-order valence-corrected chi connectivity index (χ0v) is 24.6. The van der Waals surface area contributed by atoms with Gasteiger partial charge in [-0.05, 0) is 47.7 Å². The first-order valence-corrected chi connectivity index (χ1v) is 15.0. The van der Waals surface area contributed by atoms with Crippen LogP contribution in [-0.2, 0) is 6.54 Å². The van der Waals surface area contributed by atoms with Gasteiger partial charge in [-0.15, -0.1) is 0 Å². The molecule has 0 saturated carbocycles. The summed E-state index contributed by atoms with van der Waals surface area (Å²) in [6.07, 6.45) is 7.05. The normalized spacial score (nSPS) is 13.9. The summed E-state index contributed by atoms with van der Waals surface area (Å²) in [5, 5.41) is 6.09. The minimum Gasteiger partial charge on any atom is -0.338 e. The average molecular weight is 554 g/mol. The zero-order valence-electron chi connectivity index (χ0n) is 24.6. The summed E-state index contributed by atoms with van der Waals surface area (Å²) in [5.74, 6) is 0.174. The molecular formula is C32H48FN5O2. The predicted molar refractivity (Wildman–Crippen MR) is 161 cm³/mol. The molecule has 2 N–H and O–H groups in total. The van der Waals surface area contributed by atoms with Crippen molar-refractivity contribution in [3.63, 3.8) is 0 Å². The number of urea groups is 2. The number of nitrogens with one attached hydrogen (secondary N) is 2. The third-order valence-electron chi connectivity index (χ3n) is 7.55. The number of nitrogens with zero attached hydrogens (tertiary/aromatic N) is 3. The first-order valence-electron chi connectivity index (χ1n) is 15.0. The first-order chi connectivity index (χ1) is 19.4. The van der Waals surface area contributed by atoms with Crippen LogP contribution in [0.1, 0.15) is 76.3 Å². The van der Waals surface area contributed by atoms with E-state index in [1.165, 1.54) is 43.4 Å². The molecule has 2 aromatic carbocycles. The maximum absolute atomic E-state index is 13.4. The molecule has 0 bridgehead atoms. The summed E-state index contributed by atoms with van der Waals surface area (Å²) in [5.41, 5.74) is 2.95. The fourth-order valence-electron chi connectivity index (χ4n) is 4.87. The number of anilines is 1. The number of hydrogen-bond acceptors (Lipinski definition) is 3. The molecule has 0 unspecified atom stereocenters. The summed E-state index contributed by atoms with van der Waals surface area (Å²) < 4.78 is 13.4. The highest BCUT2D eigenvalue weighted by Gasteiger charge is 2.22. The molecule has 8 heteroatoms. The molecule has 0 spiro atoms. The molecule has 2 aromatic rings. The Bertz CT molecular complexity index is 1020. The maximum atomic E-state index is 13.4. The molecule has 0 aliphatic carbocycles. The number of rotatable bonds is 14. The van der Waals surface area contributed by atoms with Crippen LogP contribution in [0.5, 0.6) is 0 Å². The van der Waals surface area contributed by atoms with E-state index in [0.717, 1.165) is 43.7 Å². The Kier molecular flexibility index (Phi) is 13.2. The second-order valence-electron chi connectivity index (χ2n) is 11.1. The maximum Gasteiger partial charge on any atom is 0.321 e. The molecule has 4 amide bonds.